The van der Waals surface area contributed by atoms with Crippen LogP contribution >= 0.6 is 0 Å². The van der Waals surface area contributed by atoms with Crippen LogP contribution in [0, 0.1) is 6.42 Å². The largest absolute Gasteiger partial charge is 0.342 e. The van der Waals surface area contributed by atoms with E-state index in [4.69, 9.17) is 0 Å². The third-order valence-electron chi connectivity index (χ3n) is 4.12. The van der Waals surface area contributed by atoms with Gasteiger partial charge in [-0.05, 0) is 12.8 Å². The molecule has 0 aromatic carbocycles. The lowest BCUT2D eigenvalue weighted by Crippen LogP contribution is -2.32. The molecular weight excluding hydrogens is 258 g/mol. The van der Waals surface area contributed by atoms with Crippen molar-refractivity contribution in [1.29, 1.82) is 0 Å². The molecule has 0 aromatic heterocycles. The zero-order valence-corrected chi connectivity index (χ0v) is 14.8. The van der Waals surface area contributed by atoms with E-state index in [0.29, 0.717) is 0 Å². The first-order valence-corrected chi connectivity index (χ1v) is 9.34. The van der Waals surface area contributed by atoms with Gasteiger partial charge in [0.1, 0.15) is 0 Å². The molecule has 0 unspecified atom stereocenters. The van der Waals surface area contributed by atoms with Gasteiger partial charge < -0.3 is 4.90 Å². The molecule has 0 saturated carbocycles. The first-order valence-electron chi connectivity index (χ1n) is 9.34. The van der Waals surface area contributed by atoms with Crippen molar-refractivity contribution in [3.8, 4) is 0 Å². The average molecular weight is 297 g/mol. The van der Waals surface area contributed by atoms with E-state index in [1.54, 1.807) is 6.42 Å². The Kier molecular flexibility index (Phi) is 15.5. The van der Waals surface area contributed by atoms with Crippen molar-refractivity contribution in [2.45, 2.75) is 97.8 Å². The maximum atomic E-state index is 11.9. The number of nitrogens with zero attached hydrogens (tertiary/aromatic N) is 1. The Morgan fingerprint density at radius 1 is 0.714 bits per heavy atom. The molecule has 0 bridgehead atoms. The summed E-state index contributed by atoms with van der Waals surface area (Å²) in [6.45, 7) is 8.25. The fourth-order valence-corrected chi connectivity index (χ4v) is 2.68. The zero-order chi connectivity index (χ0) is 15.8. The Morgan fingerprint density at radius 3 is 1.48 bits per heavy atom. The van der Waals surface area contributed by atoms with Gasteiger partial charge in [-0.3, -0.25) is 4.79 Å². The van der Waals surface area contributed by atoms with Gasteiger partial charge in [0.15, 0.2) is 0 Å². The van der Waals surface area contributed by atoms with Crippen molar-refractivity contribution in [3.63, 3.8) is 0 Å². The van der Waals surface area contributed by atoms with E-state index < -0.39 is 0 Å². The maximum Gasteiger partial charge on any atom is 0.226 e. The van der Waals surface area contributed by atoms with Gasteiger partial charge in [-0.15, -0.1) is 0 Å². The van der Waals surface area contributed by atoms with E-state index in [2.05, 4.69) is 18.7 Å². The Bertz CT molecular complexity index is 212. The minimum absolute atomic E-state index is 0.220. The lowest BCUT2D eigenvalue weighted by atomic mass is 10.1. The first kappa shape index (κ1) is 20.5. The lowest BCUT2D eigenvalue weighted by Gasteiger charge is -2.22. The molecule has 125 valence electrons. The standard InChI is InChI=1S/C19H38NO/c1-4-7-9-11-13-15-17-20(19(21)6-3)18-16-14-12-10-8-5-2/h6H,4-5,7-18H2,1-3H3. The van der Waals surface area contributed by atoms with Crippen LogP contribution in [0.2, 0.25) is 0 Å². The van der Waals surface area contributed by atoms with Crippen LogP contribution in [-0.4, -0.2) is 23.9 Å². The SMILES string of the molecule is C[CH]C(=O)N(CCCCCCCC)CCCCCCCC. The Morgan fingerprint density at radius 2 is 1.10 bits per heavy atom. The average Bonchev–Trinajstić information content (AvgIpc) is 2.51. The number of amides is 1. The molecule has 1 amide bonds. The third kappa shape index (κ3) is 12.9. The number of carbonyl (C=O) groups is 1. The van der Waals surface area contributed by atoms with Crippen molar-refractivity contribution in [1.82, 2.24) is 4.90 Å². The second-order valence-electron chi connectivity index (χ2n) is 6.15. The van der Waals surface area contributed by atoms with Gasteiger partial charge in [0.2, 0.25) is 5.91 Å². The van der Waals surface area contributed by atoms with E-state index in [1.807, 2.05) is 6.92 Å². The minimum Gasteiger partial charge on any atom is -0.342 e. The van der Waals surface area contributed by atoms with Crippen LogP contribution in [-0.2, 0) is 4.79 Å². The van der Waals surface area contributed by atoms with E-state index in [9.17, 15) is 4.79 Å². The molecule has 0 saturated heterocycles. The third-order valence-corrected chi connectivity index (χ3v) is 4.12. The topological polar surface area (TPSA) is 20.3 Å². The summed E-state index contributed by atoms with van der Waals surface area (Å²) < 4.78 is 0. The Labute approximate surface area is 133 Å². The molecule has 21 heavy (non-hydrogen) atoms. The fraction of sp³-hybridized carbons (Fsp3) is 0.895. The summed E-state index contributed by atoms with van der Waals surface area (Å²) in [5, 5.41) is 0. The van der Waals surface area contributed by atoms with E-state index in [0.717, 1.165) is 13.1 Å². The van der Waals surface area contributed by atoms with Crippen LogP contribution in [0.15, 0.2) is 0 Å². The second-order valence-corrected chi connectivity index (χ2v) is 6.15. The summed E-state index contributed by atoms with van der Waals surface area (Å²) in [5.41, 5.74) is 0. The van der Waals surface area contributed by atoms with Gasteiger partial charge in [0.05, 0.1) is 0 Å². The summed E-state index contributed by atoms with van der Waals surface area (Å²) in [6, 6.07) is 0. The van der Waals surface area contributed by atoms with E-state index >= 15 is 0 Å². The van der Waals surface area contributed by atoms with Gasteiger partial charge in [-0.2, -0.15) is 0 Å². The van der Waals surface area contributed by atoms with Crippen molar-refractivity contribution < 1.29 is 4.79 Å². The van der Waals surface area contributed by atoms with Gasteiger partial charge in [0.25, 0.3) is 0 Å². The molecule has 0 spiro atoms. The summed E-state index contributed by atoms with van der Waals surface area (Å²) in [7, 11) is 0. The molecule has 0 aliphatic rings. The number of hydrogen-bond acceptors (Lipinski definition) is 1. The molecular formula is C19H38NO. The smallest absolute Gasteiger partial charge is 0.226 e. The van der Waals surface area contributed by atoms with Crippen LogP contribution < -0.4 is 0 Å². The summed E-state index contributed by atoms with van der Waals surface area (Å²) in [5.74, 6) is 0.220. The second kappa shape index (κ2) is 15.9. The highest BCUT2D eigenvalue weighted by Crippen LogP contribution is 2.09. The molecule has 0 heterocycles. The maximum absolute atomic E-state index is 11.9. The molecule has 0 N–H and O–H groups in total. The molecule has 0 fully saturated rings. The minimum atomic E-state index is 0.220. The molecule has 2 nitrogen and oxygen atoms in total. The quantitative estimate of drug-likeness (QED) is 0.352. The molecule has 0 aliphatic heterocycles. The number of hydrogen-bond donors (Lipinski definition) is 0. The van der Waals surface area contributed by atoms with E-state index in [-0.39, 0.29) is 5.91 Å². The monoisotopic (exact) mass is 296 g/mol. The summed E-state index contributed by atoms with van der Waals surface area (Å²) >= 11 is 0. The van der Waals surface area contributed by atoms with Crippen LogP contribution in [0.1, 0.15) is 97.8 Å². The van der Waals surface area contributed by atoms with Crippen molar-refractivity contribution >= 4 is 5.91 Å². The summed E-state index contributed by atoms with van der Waals surface area (Å²) in [6.07, 6.45) is 17.2. The fourth-order valence-electron chi connectivity index (χ4n) is 2.68. The number of unbranched alkanes of at least 4 members (excludes halogenated alkanes) is 10. The van der Waals surface area contributed by atoms with Crippen LogP contribution in [0.4, 0.5) is 0 Å². The molecule has 0 atom stereocenters. The molecule has 0 rings (SSSR count). The van der Waals surface area contributed by atoms with Crippen LogP contribution in [0.5, 0.6) is 0 Å². The van der Waals surface area contributed by atoms with Gasteiger partial charge >= 0.3 is 0 Å². The first-order chi connectivity index (χ1) is 10.3. The normalized spacial score (nSPS) is 10.8. The number of rotatable bonds is 15. The van der Waals surface area contributed by atoms with Crippen LogP contribution in [0.3, 0.4) is 0 Å². The van der Waals surface area contributed by atoms with Gasteiger partial charge in [0, 0.05) is 19.5 Å². The van der Waals surface area contributed by atoms with Crippen molar-refractivity contribution in [2.75, 3.05) is 13.1 Å². The molecule has 0 aliphatic carbocycles. The molecule has 1 radical (unpaired) electrons. The summed E-state index contributed by atoms with van der Waals surface area (Å²) in [4.78, 5) is 14.0. The highest BCUT2D eigenvalue weighted by molar-refractivity contribution is 5.84. The lowest BCUT2D eigenvalue weighted by molar-refractivity contribution is -0.127. The molecule has 0 aromatic rings. The zero-order valence-electron chi connectivity index (χ0n) is 14.8. The highest BCUT2D eigenvalue weighted by atomic mass is 16.2. The van der Waals surface area contributed by atoms with E-state index in [1.165, 1.54) is 77.0 Å². The Hall–Kier alpha value is -0.530. The van der Waals surface area contributed by atoms with Gasteiger partial charge in [-0.1, -0.05) is 85.0 Å². The van der Waals surface area contributed by atoms with Crippen LogP contribution in [0.25, 0.3) is 0 Å². The molecule has 2 heteroatoms. The Balaban J connectivity index is 3.70. The predicted molar refractivity (Wildman–Crippen MR) is 93.3 cm³/mol. The predicted octanol–water partition coefficient (Wildman–Crippen LogP) is 5.76. The highest BCUT2D eigenvalue weighted by Gasteiger charge is 2.10. The van der Waals surface area contributed by atoms with Gasteiger partial charge in [-0.25, -0.2) is 0 Å². The van der Waals surface area contributed by atoms with Crippen molar-refractivity contribution in [3.05, 3.63) is 6.42 Å². The van der Waals surface area contributed by atoms with Crippen molar-refractivity contribution in [2.24, 2.45) is 0 Å². The number of carbonyl (C=O) groups excluding carboxylic acids is 1.